The van der Waals surface area contributed by atoms with Crippen LogP contribution in [-0.2, 0) is 6.61 Å². The van der Waals surface area contributed by atoms with Crippen LogP contribution >= 0.6 is 27.7 Å². The van der Waals surface area contributed by atoms with Crippen LogP contribution in [0.2, 0.25) is 0 Å². The minimum atomic E-state index is -0.356. The van der Waals surface area contributed by atoms with Gasteiger partial charge in [-0.3, -0.25) is 0 Å². The van der Waals surface area contributed by atoms with Crippen molar-refractivity contribution in [3.05, 3.63) is 28.2 Å². The fraction of sp³-hybridized carbons (Fsp3) is 0.455. The Morgan fingerprint density at radius 2 is 2.07 bits per heavy atom. The zero-order valence-electron chi connectivity index (χ0n) is 8.77. The first kappa shape index (κ1) is 13.0. The molecule has 0 spiro atoms. The van der Waals surface area contributed by atoms with Gasteiger partial charge in [-0.15, -0.1) is 11.8 Å². The molecule has 2 N–H and O–H groups in total. The lowest BCUT2D eigenvalue weighted by molar-refractivity contribution is 0.196. The van der Waals surface area contributed by atoms with Gasteiger partial charge in [0.25, 0.3) is 0 Å². The van der Waals surface area contributed by atoms with Crippen molar-refractivity contribution in [2.75, 3.05) is 0 Å². The van der Waals surface area contributed by atoms with Gasteiger partial charge in [-0.25, -0.2) is 0 Å². The number of aliphatic hydroxyl groups is 2. The highest BCUT2D eigenvalue weighted by Gasteiger charge is 2.12. The summed E-state index contributed by atoms with van der Waals surface area (Å²) in [6.45, 7) is 3.77. The first-order valence-electron chi connectivity index (χ1n) is 4.78. The summed E-state index contributed by atoms with van der Waals surface area (Å²) in [6.07, 6.45) is -0.356. The summed E-state index contributed by atoms with van der Waals surface area (Å²) in [5.74, 6) is 0. The third-order valence-electron chi connectivity index (χ3n) is 2.19. The van der Waals surface area contributed by atoms with Gasteiger partial charge in [0.2, 0.25) is 0 Å². The van der Waals surface area contributed by atoms with Crippen molar-refractivity contribution in [2.24, 2.45) is 0 Å². The molecule has 0 aliphatic carbocycles. The van der Waals surface area contributed by atoms with E-state index in [4.69, 9.17) is 0 Å². The van der Waals surface area contributed by atoms with Crippen molar-refractivity contribution in [3.8, 4) is 0 Å². The van der Waals surface area contributed by atoms with Gasteiger partial charge >= 0.3 is 0 Å². The molecule has 1 rings (SSSR count). The van der Waals surface area contributed by atoms with Crippen LogP contribution in [0, 0.1) is 0 Å². The topological polar surface area (TPSA) is 40.5 Å². The van der Waals surface area contributed by atoms with Gasteiger partial charge in [-0.05, 0) is 30.7 Å². The number of rotatable bonds is 4. The highest BCUT2D eigenvalue weighted by atomic mass is 79.9. The van der Waals surface area contributed by atoms with Crippen molar-refractivity contribution >= 4 is 27.7 Å². The fourth-order valence-corrected chi connectivity index (χ4v) is 2.51. The molecule has 1 aromatic rings. The molecule has 0 heterocycles. The SMILES string of the molecule is CC(O)C(C)Sc1ccc(Br)cc1CO. The predicted octanol–water partition coefficient (Wildman–Crippen LogP) is 2.80. The molecular weight excluding hydrogens is 276 g/mol. The third-order valence-corrected chi connectivity index (χ3v) is 4.10. The Morgan fingerprint density at radius 1 is 1.40 bits per heavy atom. The number of halogens is 1. The molecule has 0 aliphatic rings. The molecule has 2 unspecified atom stereocenters. The zero-order chi connectivity index (χ0) is 11.4. The monoisotopic (exact) mass is 290 g/mol. The predicted molar refractivity (Wildman–Crippen MR) is 67.1 cm³/mol. The lowest BCUT2D eigenvalue weighted by Crippen LogP contribution is -2.15. The average molecular weight is 291 g/mol. The molecule has 4 heteroatoms. The molecule has 0 aromatic heterocycles. The smallest absolute Gasteiger partial charge is 0.0693 e. The Morgan fingerprint density at radius 3 is 2.60 bits per heavy atom. The van der Waals surface area contributed by atoms with E-state index in [0.29, 0.717) is 0 Å². The van der Waals surface area contributed by atoms with Crippen LogP contribution in [0.15, 0.2) is 27.6 Å². The highest BCUT2D eigenvalue weighted by Crippen LogP contribution is 2.30. The molecule has 1 aromatic carbocycles. The van der Waals surface area contributed by atoms with Crippen molar-refractivity contribution in [1.29, 1.82) is 0 Å². The maximum absolute atomic E-state index is 9.41. The molecule has 0 saturated heterocycles. The summed E-state index contributed by atoms with van der Waals surface area (Å²) in [4.78, 5) is 1.02. The zero-order valence-corrected chi connectivity index (χ0v) is 11.2. The van der Waals surface area contributed by atoms with Crippen LogP contribution in [0.4, 0.5) is 0 Å². The number of benzene rings is 1. The first-order valence-corrected chi connectivity index (χ1v) is 6.46. The van der Waals surface area contributed by atoms with Gasteiger partial charge < -0.3 is 10.2 Å². The van der Waals surface area contributed by atoms with Crippen molar-refractivity contribution < 1.29 is 10.2 Å². The Kier molecular flexibility index (Phi) is 5.12. The number of hydrogen-bond acceptors (Lipinski definition) is 3. The second-order valence-electron chi connectivity index (χ2n) is 3.47. The van der Waals surface area contributed by atoms with Crippen LogP contribution in [0.5, 0.6) is 0 Å². The number of thioether (sulfide) groups is 1. The fourth-order valence-electron chi connectivity index (χ4n) is 1.09. The molecule has 2 nitrogen and oxygen atoms in total. The number of aliphatic hydroxyl groups excluding tert-OH is 2. The van der Waals surface area contributed by atoms with Gasteiger partial charge in [0.1, 0.15) is 0 Å². The normalized spacial score (nSPS) is 15.0. The molecule has 0 bridgehead atoms. The molecule has 0 radical (unpaired) electrons. The second kappa shape index (κ2) is 5.89. The van der Waals surface area contributed by atoms with Gasteiger partial charge in [-0.2, -0.15) is 0 Å². The molecule has 84 valence electrons. The van der Waals surface area contributed by atoms with E-state index in [1.165, 1.54) is 0 Å². The molecule has 2 atom stereocenters. The largest absolute Gasteiger partial charge is 0.392 e. The molecule has 0 saturated carbocycles. The van der Waals surface area contributed by atoms with E-state index in [-0.39, 0.29) is 18.0 Å². The molecular formula is C11H15BrO2S. The summed E-state index contributed by atoms with van der Waals surface area (Å²) >= 11 is 4.94. The van der Waals surface area contributed by atoms with E-state index in [9.17, 15) is 10.2 Å². The van der Waals surface area contributed by atoms with Gasteiger partial charge in [-0.1, -0.05) is 22.9 Å². The van der Waals surface area contributed by atoms with E-state index < -0.39 is 0 Å². The van der Waals surface area contributed by atoms with Crippen LogP contribution in [-0.4, -0.2) is 21.6 Å². The molecule has 0 aliphatic heterocycles. The second-order valence-corrected chi connectivity index (χ2v) is 5.81. The Bertz CT molecular complexity index is 328. The van der Waals surface area contributed by atoms with Gasteiger partial charge in [0.05, 0.1) is 12.7 Å². The Hall–Kier alpha value is -0.0300. The van der Waals surface area contributed by atoms with Crippen molar-refractivity contribution in [3.63, 3.8) is 0 Å². The van der Waals surface area contributed by atoms with E-state index in [1.54, 1.807) is 18.7 Å². The van der Waals surface area contributed by atoms with E-state index >= 15 is 0 Å². The van der Waals surface area contributed by atoms with E-state index in [0.717, 1.165) is 14.9 Å². The standard InChI is InChI=1S/C11H15BrO2S/c1-7(14)8(2)15-11-4-3-10(12)5-9(11)6-13/h3-5,7-8,13-14H,6H2,1-2H3. The van der Waals surface area contributed by atoms with E-state index in [2.05, 4.69) is 15.9 Å². The summed E-state index contributed by atoms with van der Waals surface area (Å²) in [6, 6.07) is 5.80. The minimum Gasteiger partial charge on any atom is -0.392 e. The summed E-state index contributed by atoms with van der Waals surface area (Å²) in [5.41, 5.74) is 0.891. The maximum atomic E-state index is 9.41. The number of hydrogen-bond donors (Lipinski definition) is 2. The van der Waals surface area contributed by atoms with Crippen molar-refractivity contribution in [1.82, 2.24) is 0 Å². The van der Waals surface area contributed by atoms with E-state index in [1.807, 2.05) is 25.1 Å². The quantitative estimate of drug-likeness (QED) is 0.838. The van der Waals surface area contributed by atoms with Gasteiger partial charge in [0.15, 0.2) is 0 Å². The van der Waals surface area contributed by atoms with Crippen LogP contribution in [0.3, 0.4) is 0 Å². The van der Waals surface area contributed by atoms with Crippen LogP contribution in [0.25, 0.3) is 0 Å². The Labute approximate surface area is 103 Å². The molecule has 0 amide bonds. The Balaban J connectivity index is 2.84. The highest BCUT2D eigenvalue weighted by molar-refractivity contribution is 9.10. The average Bonchev–Trinajstić information content (AvgIpc) is 2.20. The maximum Gasteiger partial charge on any atom is 0.0693 e. The molecule has 0 fully saturated rings. The van der Waals surface area contributed by atoms with Crippen LogP contribution < -0.4 is 0 Å². The molecule has 15 heavy (non-hydrogen) atoms. The minimum absolute atomic E-state index is 0.0221. The summed E-state index contributed by atoms with van der Waals surface area (Å²) in [5, 5.41) is 18.7. The van der Waals surface area contributed by atoms with Crippen LogP contribution in [0.1, 0.15) is 19.4 Å². The van der Waals surface area contributed by atoms with Crippen molar-refractivity contribution in [2.45, 2.75) is 36.7 Å². The third kappa shape index (κ3) is 3.79. The lowest BCUT2D eigenvalue weighted by Gasteiger charge is -2.16. The van der Waals surface area contributed by atoms with Gasteiger partial charge in [0, 0.05) is 14.6 Å². The summed E-state index contributed by atoms with van der Waals surface area (Å²) in [7, 11) is 0. The lowest BCUT2D eigenvalue weighted by atomic mass is 10.2. The first-order chi connectivity index (χ1) is 7.04. The summed E-state index contributed by atoms with van der Waals surface area (Å²) < 4.78 is 0.959.